The number of nitrogens with zero attached hydrogens (tertiary/aromatic N) is 1. The molecule has 0 aromatic rings. The van der Waals surface area contributed by atoms with E-state index in [-0.39, 0.29) is 65.4 Å². The molecule has 50 heavy (non-hydrogen) atoms. The van der Waals surface area contributed by atoms with Gasteiger partial charge in [-0.2, -0.15) is 0 Å². The lowest BCUT2D eigenvalue weighted by Crippen LogP contribution is -2.57. The van der Waals surface area contributed by atoms with Crippen molar-refractivity contribution in [2.24, 2.45) is 40.9 Å². The molecule has 290 valence electrons. The lowest BCUT2D eigenvalue weighted by atomic mass is 9.77. The Balaban J connectivity index is 1.53. The summed E-state index contributed by atoms with van der Waals surface area (Å²) in [6.07, 6.45) is -0.135. The van der Waals surface area contributed by atoms with Crippen LogP contribution >= 0.6 is 0 Å². The first-order chi connectivity index (χ1) is 23.2. The summed E-state index contributed by atoms with van der Waals surface area (Å²) >= 11 is 0. The third-order valence-electron chi connectivity index (χ3n) is 13.7. The summed E-state index contributed by atoms with van der Waals surface area (Å²) in [7, 11) is 3.82. The summed E-state index contributed by atoms with van der Waals surface area (Å²) in [5, 5.41) is 11.9. The number of ether oxygens (including phenoxy) is 7. The molecule has 2 unspecified atom stereocenters. The van der Waals surface area contributed by atoms with Gasteiger partial charge in [0, 0.05) is 55.7 Å². The average molecular weight is 710 g/mol. The van der Waals surface area contributed by atoms with E-state index in [4.69, 9.17) is 33.2 Å². The van der Waals surface area contributed by atoms with Gasteiger partial charge in [0.25, 0.3) is 0 Å². The van der Waals surface area contributed by atoms with E-state index in [9.17, 15) is 9.90 Å². The number of rotatable bonds is 8. The number of carbonyl (C=O) groups is 1. The second-order valence-electron chi connectivity index (χ2n) is 18.5. The Morgan fingerprint density at radius 1 is 0.920 bits per heavy atom. The van der Waals surface area contributed by atoms with Crippen molar-refractivity contribution in [2.45, 2.75) is 188 Å². The maximum absolute atomic E-state index is 14.1. The molecule has 1 aliphatic carbocycles. The minimum Gasteiger partial charge on any atom is -0.461 e. The molecule has 4 saturated heterocycles. The van der Waals surface area contributed by atoms with Crippen molar-refractivity contribution in [1.82, 2.24) is 4.90 Å². The fourth-order valence-electron chi connectivity index (χ4n) is 10.2. The maximum Gasteiger partial charge on any atom is 0.311 e. The summed E-state index contributed by atoms with van der Waals surface area (Å²) in [5.41, 5.74) is -1.27. The van der Waals surface area contributed by atoms with E-state index < -0.39 is 48.0 Å². The first-order valence-corrected chi connectivity index (χ1v) is 19.7. The molecular weight excluding hydrogens is 638 g/mol. The van der Waals surface area contributed by atoms with Crippen molar-refractivity contribution in [1.29, 1.82) is 0 Å². The van der Waals surface area contributed by atoms with E-state index in [1.807, 2.05) is 13.8 Å². The number of carbonyl (C=O) groups excluding carboxylic acids is 1. The van der Waals surface area contributed by atoms with Gasteiger partial charge in [-0.15, -0.1) is 0 Å². The zero-order chi connectivity index (χ0) is 37.1. The molecule has 0 radical (unpaired) electrons. The minimum atomic E-state index is -0.863. The first-order valence-electron chi connectivity index (χ1n) is 19.7. The van der Waals surface area contributed by atoms with Crippen LogP contribution < -0.4 is 0 Å². The number of hydrogen-bond acceptors (Lipinski definition) is 10. The molecule has 1 N–H and O–H groups in total. The van der Waals surface area contributed by atoms with Crippen molar-refractivity contribution in [3.8, 4) is 0 Å². The molecule has 4 aliphatic heterocycles. The Morgan fingerprint density at radius 2 is 1.58 bits per heavy atom. The van der Waals surface area contributed by atoms with E-state index in [1.54, 1.807) is 7.11 Å². The molecule has 1 saturated carbocycles. The lowest BCUT2D eigenvalue weighted by molar-refractivity contribution is -0.312. The highest BCUT2D eigenvalue weighted by molar-refractivity contribution is 5.73. The normalized spacial score (nSPS) is 51.8. The third-order valence-corrected chi connectivity index (χ3v) is 13.7. The predicted octanol–water partition coefficient (Wildman–Crippen LogP) is 6.20. The zero-order valence-corrected chi connectivity index (χ0v) is 33.6. The number of esters is 1. The Morgan fingerprint density at radius 3 is 2.22 bits per heavy atom. The van der Waals surface area contributed by atoms with Crippen molar-refractivity contribution >= 4 is 5.97 Å². The molecular formula is C40H71NO9. The van der Waals surface area contributed by atoms with E-state index in [1.165, 1.54) is 0 Å². The van der Waals surface area contributed by atoms with Crippen LogP contribution in [-0.2, 0) is 38.0 Å². The molecule has 4 heterocycles. The highest BCUT2D eigenvalue weighted by Crippen LogP contribution is 2.60. The van der Waals surface area contributed by atoms with Crippen LogP contribution in [0.3, 0.4) is 0 Å². The van der Waals surface area contributed by atoms with Gasteiger partial charge in [0.05, 0.1) is 47.6 Å². The number of aliphatic hydroxyl groups is 1. The van der Waals surface area contributed by atoms with Crippen LogP contribution in [0.4, 0.5) is 0 Å². The second-order valence-corrected chi connectivity index (χ2v) is 18.5. The number of aliphatic hydroxyl groups excluding tert-OH is 1. The summed E-state index contributed by atoms with van der Waals surface area (Å²) < 4.78 is 46.3. The molecule has 2 bridgehead atoms. The van der Waals surface area contributed by atoms with Crippen molar-refractivity contribution in [2.75, 3.05) is 20.7 Å². The molecule has 10 heteroatoms. The Hall–Kier alpha value is -0.850. The monoisotopic (exact) mass is 710 g/mol. The van der Waals surface area contributed by atoms with Crippen LogP contribution in [0, 0.1) is 40.9 Å². The van der Waals surface area contributed by atoms with E-state index in [0.717, 1.165) is 32.2 Å². The maximum atomic E-state index is 14.1. The van der Waals surface area contributed by atoms with Gasteiger partial charge in [-0.3, -0.25) is 4.79 Å². The quantitative estimate of drug-likeness (QED) is 0.293. The van der Waals surface area contributed by atoms with Gasteiger partial charge in [-0.05, 0) is 86.6 Å². The predicted molar refractivity (Wildman–Crippen MR) is 191 cm³/mol. The molecule has 5 fully saturated rings. The lowest BCUT2D eigenvalue weighted by Gasteiger charge is -2.48. The number of fused-ring (bicyclic) bond motifs is 3. The molecule has 5 aliphatic rings. The fourth-order valence-corrected chi connectivity index (χ4v) is 10.2. The first kappa shape index (κ1) is 40.3. The van der Waals surface area contributed by atoms with Gasteiger partial charge < -0.3 is 43.2 Å². The number of hydrogen-bond donors (Lipinski definition) is 1. The van der Waals surface area contributed by atoms with E-state index in [0.29, 0.717) is 12.5 Å². The topological polar surface area (TPSA) is 105 Å². The van der Waals surface area contributed by atoms with Crippen LogP contribution in [0.15, 0.2) is 0 Å². The minimum absolute atomic E-state index is 0.00493. The molecule has 5 rings (SSSR count). The van der Waals surface area contributed by atoms with E-state index in [2.05, 4.69) is 81.2 Å². The third kappa shape index (κ3) is 8.13. The highest BCUT2D eigenvalue weighted by Gasteiger charge is 2.64. The second kappa shape index (κ2) is 15.1. The highest BCUT2D eigenvalue weighted by atomic mass is 16.7. The van der Waals surface area contributed by atoms with Gasteiger partial charge in [0.1, 0.15) is 12.2 Å². The van der Waals surface area contributed by atoms with Crippen molar-refractivity contribution in [3.05, 3.63) is 0 Å². The molecule has 18 atom stereocenters. The van der Waals surface area contributed by atoms with Gasteiger partial charge in [0.2, 0.25) is 0 Å². The SMILES string of the molecule is CO[C@]1(C)C[C@H](O[C@H]2[C@H](C)[C@@H](O[C@@H]3O[C@H](C)C[C@H](CN(C)C(C)C)[C@H]3O)[C@@]3(C)C[C@@H](C)[C@@H](O3)[C@H](C)CC3(C)C(C)[C@H]3OC(=O)[C@@H]2C)O[C@@H](C)C1. The van der Waals surface area contributed by atoms with Crippen LogP contribution in [-0.4, -0.2) is 109 Å². The van der Waals surface area contributed by atoms with E-state index >= 15 is 0 Å². The smallest absolute Gasteiger partial charge is 0.311 e. The molecule has 0 spiro atoms. The molecule has 10 nitrogen and oxygen atoms in total. The van der Waals surface area contributed by atoms with Crippen molar-refractivity contribution < 1.29 is 43.1 Å². The molecule has 0 aromatic carbocycles. The molecule has 0 amide bonds. The fraction of sp³-hybridized carbons (Fsp3) is 0.975. The van der Waals surface area contributed by atoms with Crippen molar-refractivity contribution in [3.63, 3.8) is 0 Å². The van der Waals surface area contributed by atoms with Crippen LogP contribution in [0.2, 0.25) is 0 Å². The van der Waals surface area contributed by atoms with Crippen LogP contribution in [0.25, 0.3) is 0 Å². The Bertz CT molecular complexity index is 1170. The van der Waals surface area contributed by atoms with Gasteiger partial charge >= 0.3 is 5.97 Å². The van der Waals surface area contributed by atoms with Crippen LogP contribution in [0.1, 0.15) is 115 Å². The summed E-state index contributed by atoms with van der Waals surface area (Å²) in [4.78, 5) is 16.4. The summed E-state index contributed by atoms with van der Waals surface area (Å²) in [6.45, 7) is 26.4. The molecule has 0 aromatic heterocycles. The average Bonchev–Trinajstić information content (AvgIpc) is 3.34. The Labute approximate surface area is 302 Å². The zero-order valence-electron chi connectivity index (χ0n) is 33.6. The standard InChI is InChI=1S/C40H71NO9/c1-21(2)41(13)20-29-15-24(5)46-37(31(29)42)49-34-26(7)33(47-30-19-38(10,44-14)18-25(6)45-30)27(8)36(43)48-35-28(9)39(35,11)16-22(3)32-23(4)17-40(34,12)50-32/h21-35,37,42H,15-20H2,1-14H3/t22-,23-,24-,25+,26+,27-,28?,29-,30+,31-,32+,33+,34-,35-,37+,38+,39?,40-/m1/s1. The van der Waals surface area contributed by atoms with Gasteiger partial charge in [-0.1, -0.05) is 34.6 Å². The van der Waals surface area contributed by atoms with Gasteiger partial charge in [0.15, 0.2) is 12.6 Å². The summed E-state index contributed by atoms with van der Waals surface area (Å²) in [5.74, 6) is -0.491. The number of methoxy groups -OCH3 is 1. The van der Waals surface area contributed by atoms with Gasteiger partial charge in [-0.25, -0.2) is 0 Å². The Kier molecular flexibility index (Phi) is 12.2. The van der Waals surface area contributed by atoms with Crippen LogP contribution in [0.5, 0.6) is 0 Å². The summed E-state index contributed by atoms with van der Waals surface area (Å²) in [6, 6.07) is 0.349. The largest absolute Gasteiger partial charge is 0.461 e.